The van der Waals surface area contributed by atoms with Gasteiger partial charge in [-0.05, 0) is 51.5 Å². The number of anilines is 2. The van der Waals surface area contributed by atoms with Crippen LogP contribution in [0.15, 0.2) is 24.3 Å². The number of aryl methyl sites for hydroxylation is 4. The number of benzene rings is 1. The predicted molar refractivity (Wildman–Crippen MR) is 116 cm³/mol. The zero-order chi connectivity index (χ0) is 21.3. The van der Waals surface area contributed by atoms with Crippen molar-refractivity contribution in [2.45, 2.75) is 27.7 Å². The molecule has 0 spiro atoms. The van der Waals surface area contributed by atoms with E-state index in [1.165, 1.54) is 0 Å². The number of aromatic nitrogens is 4. The van der Waals surface area contributed by atoms with Crippen LogP contribution in [0.4, 0.5) is 11.6 Å². The van der Waals surface area contributed by atoms with Gasteiger partial charge in [0.2, 0.25) is 5.95 Å². The minimum Gasteiger partial charge on any atom is -0.378 e. The van der Waals surface area contributed by atoms with Crippen molar-refractivity contribution in [2.24, 2.45) is 0 Å². The molecule has 1 aliphatic heterocycles. The largest absolute Gasteiger partial charge is 0.378 e. The fraction of sp³-hybridized carbons (Fsp3) is 0.364. The van der Waals surface area contributed by atoms with Crippen LogP contribution >= 0.6 is 0 Å². The molecule has 0 unspecified atom stereocenters. The number of nitrogens with one attached hydrogen (secondary N) is 2. The molecule has 30 heavy (non-hydrogen) atoms. The molecule has 156 valence electrons. The standard InChI is InChI=1S/C22H26N6O2/c1-13-9-14(2)20(17(10-13)18-12-16(4)26-27-18)25-21(29)19-11-15(3)23-22(24-19)28-5-7-30-8-6-28/h9-12H,5-8H2,1-4H3,(H,25,29)(H,26,27). The number of hydrogen-bond acceptors (Lipinski definition) is 6. The molecular weight excluding hydrogens is 380 g/mol. The number of rotatable bonds is 4. The highest BCUT2D eigenvalue weighted by atomic mass is 16.5. The smallest absolute Gasteiger partial charge is 0.274 e. The number of morpholine rings is 1. The average Bonchev–Trinajstić information content (AvgIpc) is 3.16. The number of aromatic amines is 1. The highest BCUT2D eigenvalue weighted by Gasteiger charge is 2.20. The van der Waals surface area contributed by atoms with Gasteiger partial charge in [-0.25, -0.2) is 9.97 Å². The predicted octanol–water partition coefficient (Wildman–Crippen LogP) is 3.19. The van der Waals surface area contributed by atoms with Gasteiger partial charge in [-0.15, -0.1) is 0 Å². The summed E-state index contributed by atoms with van der Waals surface area (Å²) in [6.07, 6.45) is 0. The highest BCUT2D eigenvalue weighted by Crippen LogP contribution is 2.32. The summed E-state index contributed by atoms with van der Waals surface area (Å²) in [5.41, 5.74) is 6.54. The van der Waals surface area contributed by atoms with Crippen molar-refractivity contribution in [3.63, 3.8) is 0 Å². The number of carbonyl (C=O) groups excluding carboxylic acids is 1. The molecule has 1 amide bonds. The van der Waals surface area contributed by atoms with Crippen LogP contribution < -0.4 is 10.2 Å². The van der Waals surface area contributed by atoms with Gasteiger partial charge in [-0.1, -0.05) is 11.6 Å². The SMILES string of the molecule is Cc1cc(C)c(NC(=O)c2cc(C)nc(N3CCOCC3)n2)c(-c2cc(C)[nH]n2)c1. The van der Waals surface area contributed by atoms with Crippen LogP contribution in [0.1, 0.15) is 33.0 Å². The Morgan fingerprint density at radius 3 is 2.53 bits per heavy atom. The van der Waals surface area contributed by atoms with Gasteiger partial charge >= 0.3 is 0 Å². The first-order valence-corrected chi connectivity index (χ1v) is 10.0. The molecule has 1 aliphatic rings. The van der Waals surface area contributed by atoms with E-state index in [2.05, 4.69) is 25.5 Å². The van der Waals surface area contributed by atoms with Crippen LogP contribution in [0.3, 0.4) is 0 Å². The Kier molecular flexibility index (Phi) is 5.50. The van der Waals surface area contributed by atoms with Crippen molar-refractivity contribution >= 4 is 17.5 Å². The van der Waals surface area contributed by atoms with Crippen LogP contribution in [0.25, 0.3) is 11.3 Å². The lowest BCUT2D eigenvalue weighted by atomic mass is 10.0. The van der Waals surface area contributed by atoms with Crippen molar-refractivity contribution < 1.29 is 9.53 Å². The van der Waals surface area contributed by atoms with Gasteiger partial charge < -0.3 is 15.0 Å². The van der Waals surface area contributed by atoms with Gasteiger partial charge in [0.1, 0.15) is 5.69 Å². The lowest BCUT2D eigenvalue weighted by Gasteiger charge is -2.27. The van der Waals surface area contributed by atoms with Crippen molar-refractivity contribution in [2.75, 3.05) is 36.5 Å². The van der Waals surface area contributed by atoms with E-state index in [0.717, 1.165) is 39.5 Å². The molecular formula is C22H26N6O2. The molecule has 8 heteroatoms. The topological polar surface area (TPSA) is 96.0 Å². The van der Waals surface area contributed by atoms with E-state index in [4.69, 9.17) is 4.74 Å². The highest BCUT2D eigenvalue weighted by molar-refractivity contribution is 6.05. The molecule has 0 bridgehead atoms. The van der Waals surface area contributed by atoms with Gasteiger partial charge in [0.25, 0.3) is 5.91 Å². The second-order valence-corrected chi connectivity index (χ2v) is 7.69. The third-order valence-corrected chi connectivity index (χ3v) is 5.07. The fourth-order valence-electron chi connectivity index (χ4n) is 3.64. The molecule has 1 saturated heterocycles. The van der Waals surface area contributed by atoms with E-state index in [1.54, 1.807) is 6.07 Å². The lowest BCUT2D eigenvalue weighted by molar-refractivity contribution is 0.102. The molecule has 0 atom stereocenters. The van der Waals surface area contributed by atoms with Crippen LogP contribution in [0.2, 0.25) is 0 Å². The lowest BCUT2D eigenvalue weighted by Crippen LogP contribution is -2.37. The number of amides is 1. The number of carbonyl (C=O) groups is 1. The zero-order valence-corrected chi connectivity index (χ0v) is 17.7. The van der Waals surface area contributed by atoms with E-state index >= 15 is 0 Å². The maximum absolute atomic E-state index is 13.2. The van der Waals surface area contributed by atoms with Crippen LogP contribution in [-0.2, 0) is 4.74 Å². The van der Waals surface area contributed by atoms with Gasteiger partial charge in [-0.3, -0.25) is 9.89 Å². The molecule has 0 radical (unpaired) electrons. The van der Waals surface area contributed by atoms with E-state index in [-0.39, 0.29) is 5.91 Å². The average molecular weight is 406 g/mol. The zero-order valence-electron chi connectivity index (χ0n) is 17.7. The normalized spacial score (nSPS) is 14.1. The van der Waals surface area contributed by atoms with Crippen LogP contribution in [0.5, 0.6) is 0 Å². The van der Waals surface area contributed by atoms with Crippen LogP contribution in [-0.4, -0.2) is 52.4 Å². The minimum absolute atomic E-state index is 0.268. The first-order valence-electron chi connectivity index (χ1n) is 10.0. The van der Waals surface area contributed by atoms with Crippen molar-refractivity contribution in [1.29, 1.82) is 0 Å². The Morgan fingerprint density at radius 1 is 1.07 bits per heavy atom. The van der Waals surface area contributed by atoms with E-state index in [0.29, 0.717) is 37.9 Å². The molecule has 1 aromatic carbocycles. The summed E-state index contributed by atoms with van der Waals surface area (Å²) in [5, 5.41) is 10.4. The quantitative estimate of drug-likeness (QED) is 0.691. The third kappa shape index (κ3) is 4.18. The Morgan fingerprint density at radius 2 is 1.83 bits per heavy atom. The molecule has 8 nitrogen and oxygen atoms in total. The second-order valence-electron chi connectivity index (χ2n) is 7.69. The van der Waals surface area contributed by atoms with E-state index < -0.39 is 0 Å². The van der Waals surface area contributed by atoms with Crippen molar-refractivity contribution in [3.05, 3.63) is 52.5 Å². The molecule has 2 N–H and O–H groups in total. The second kappa shape index (κ2) is 8.23. The van der Waals surface area contributed by atoms with E-state index in [9.17, 15) is 4.79 Å². The number of nitrogens with zero attached hydrogens (tertiary/aromatic N) is 4. The summed E-state index contributed by atoms with van der Waals surface area (Å²) >= 11 is 0. The Labute approximate surface area is 175 Å². The molecule has 0 saturated carbocycles. The Balaban J connectivity index is 1.67. The van der Waals surface area contributed by atoms with E-state index in [1.807, 2.05) is 50.8 Å². The van der Waals surface area contributed by atoms with Gasteiger partial charge in [0.05, 0.1) is 24.6 Å². The summed E-state index contributed by atoms with van der Waals surface area (Å²) in [4.78, 5) is 24.2. The number of hydrogen-bond donors (Lipinski definition) is 2. The summed E-state index contributed by atoms with van der Waals surface area (Å²) in [6.45, 7) is 10.5. The summed E-state index contributed by atoms with van der Waals surface area (Å²) in [6, 6.07) is 7.75. The Hall–Kier alpha value is -3.26. The van der Waals surface area contributed by atoms with Crippen molar-refractivity contribution in [3.8, 4) is 11.3 Å². The van der Waals surface area contributed by atoms with Crippen LogP contribution in [0, 0.1) is 27.7 Å². The van der Waals surface area contributed by atoms with Crippen molar-refractivity contribution in [1.82, 2.24) is 20.2 Å². The van der Waals surface area contributed by atoms with Gasteiger partial charge in [0, 0.05) is 30.0 Å². The summed E-state index contributed by atoms with van der Waals surface area (Å²) in [5.74, 6) is 0.294. The Bertz CT molecular complexity index is 1090. The maximum atomic E-state index is 13.2. The maximum Gasteiger partial charge on any atom is 0.274 e. The number of H-pyrrole nitrogens is 1. The van der Waals surface area contributed by atoms with Gasteiger partial charge in [-0.2, -0.15) is 5.10 Å². The first-order chi connectivity index (χ1) is 14.4. The first kappa shape index (κ1) is 20.0. The van der Waals surface area contributed by atoms with Gasteiger partial charge in [0.15, 0.2) is 0 Å². The fourth-order valence-corrected chi connectivity index (χ4v) is 3.64. The number of ether oxygens (including phenoxy) is 1. The molecule has 2 aromatic heterocycles. The monoisotopic (exact) mass is 406 g/mol. The summed E-state index contributed by atoms with van der Waals surface area (Å²) < 4.78 is 5.40. The molecule has 3 aromatic rings. The molecule has 3 heterocycles. The molecule has 4 rings (SSSR count). The summed E-state index contributed by atoms with van der Waals surface area (Å²) in [7, 11) is 0. The molecule has 1 fully saturated rings. The molecule has 0 aliphatic carbocycles. The minimum atomic E-state index is -0.268. The third-order valence-electron chi connectivity index (χ3n) is 5.07.